The van der Waals surface area contributed by atoms with E-state index in [1.807, 2.05) is 0 Å². The molecule has 3 nitrogen and oxygen atoms in total. The Hall–Kier alpha value is -1.10. The second-order valence-corrected chi connectivity index (χ2v) is 7.82. The van der Waals surface area contributed by atoms with Gasteiger partial charge < -0.3 is 10.6 Å². The largest absolute Gasteiger partial charge is 0.354 e. The molecule has 2 aliphatic rings. The quantitative estimate of drug-likeness (QED) is 0.863. The lowest BCUT2D eigenvalue weighted by Gasteiger charge is -2.24. The minimum absolute atomic E-state index is 0. The Morgan fingerprint density at radius 2 is 2.08 bits per heavy atom. The maximum Gasteiger partial charge on any atom is 0.237 e. The van der Waals surface area contributed by atoms with Gasteiger partial charge in [0.1, 0.15) is 0 Å². The van der Waals surface area contributed by atoms with Crippen LogP contribution in [0.1, 0.15) is 37.7 Å². The van der Waals surface area contributed by atoms with E-state index in [0.29, 0.717) is 6.04 Å². The molecule has 0 spiro atoms. The minimum atomic E-state index is 0. The molecule has 4 rings (SSSR count). The highest BCUT2D eigenvalue weighted by atomic mass is 35.5. The summed E-state index contributed by atoms with van der Waals surface area (Å²) < 4.78 is 1.33. The zero-order valence-electron chi connectivity index (χ0n) is 13.8. The molecule has 1 aromatic heterocycles. The smallest absolute Gasteiger partial charge is 0.237 e. The standard InChI is InChI=1S/C19H24N2OS.ClH/c22-19(17-11-13-5-1-3-7-16(13)21-17)20-10-9-14-12-23-18-8-4-2-6-15(14)18;/h2,4,6,8,12-13,16-17,21H,1,3,5,7,9-11H2,(H,20,22);1H. The van der Waals surface area contributed by atoms with Crippen molar-refractivity contribution in [3.05, 3.63) is 35.2 Å². The molecule has 24 heavy (non-hydrogen) atoms. The van der Waals surface area contributed by atoms with Crippen LogP contribution in [0.15, 0.2) is 29.6 Å². The molecule has 1 saturated carbocycles. The van der Waals surface area contributed by atoms with Crippen LogP contribution in [0.5, 0.6) is 0 Å². The number of amides is 1. The van der Waals surface area contributed by atoms with Gasteiger partial charge in [-0.25, -0.2) is 0 Å². The SMILES string of the molecule is Cl.O=C(NCCc1csc2ccccc12)C1CC2CCCCC2N1. The van der Waals surface area contributed by atoms with Crippen molar-refractivity contribution >= 4 is 39.7 Å². The van der Waals surface area contributed by atoms with Crippen LogP contribution in [0.2, 0.25) is 0 Å². The van der Waals surface area contributed by atoms with Crippen molar-refractivity contribution < 1.29 is 4.79 Å². The maximum atomic E-state index is 12.4. The minimum Gasteiger partial charge on any atom is -0.354 e. The van der Waals surface area contributed by atoms with Gasteiger partial charge in [0.2, 0.25) is 5.91 Å². The Morgan fingerprint density at radius 1 is 1.25 bits per heavy atom. The average molecular weight is 365 g/mol. The van der Waals surface area contributed by atoms with Crippen LogP contribution in [0.25, 0.3) is 10.1 Å². The predicted octanol–water partition coefficient (Wildman–Crippen LogP) is 3.90. The zero-order chi connectivity index (χ0) is 15.6. The molecule has 5 heteroatoms. The van der Waals surface area contributed by atoms with E-state index in [-0.39, 0.29) is 24.4 Å². The number of nitrogens with one attached hydrogen (secondary N) is 2. The van der Waals surface area contributed by atoms with E-state index in [1.54, 1.807) is 11.3 Å². The number of fused-ring (bicyclic) bond motifs is 2. The lowest BCUT2D eigenvalue weighted by Crippen LogP contribution is -2.43. The van der Waals surface area contributed by atoms with E-state index in [1.165, 1.54) is 41.3 Å². The number of benzene rings is 1. The van der Waals surface area contributed by atoms with Crippen molar-refractivity contribution in [3.63, 3.8) is 0 Å². The Balaban J connectivity index is 0.00000169. The summed E-state index contributed by atoms with van der Waals surface area (Å²) in [6.07, 6.45) is 7.13. The summed E-state index contributed by atoms with van der Waals surface area (Å²) in [5.74, 6) is 0.916. The van der Waals surface area contributed by atoms with E-state index in [0.717, 1.165) is 25.3 Å². The van der Waals surface area contributed by atoms with Crippen LogP contribution >= 0.6 is 23.7 Å². The summed E-state index contributed by atoms with van der Waals surface area (Å²) in [6, 6.07) is 9.11. The molecule has 1 aliphatic carbocycles. The van der Waals surface area contributed by atoms with Gasteiger partial charge in [-0.2, -0.15) is 0 Å². The highest BCUT2D eigenvalue weighted by molar-refractivity contribution is 7.17. The van der Waals surface area contributed by atoms with Crippen molar-refractivity contribution in [2.45, 2.75) is 50.6 Å². The van der Waals surface area contributed by atoms with Crippen molar-refractivity contribution in [2.24, 2.45) is 5.92 Å². The average Bonchev–Trinajstić information content (AvgIpc) is 3.19. The summed E-state index contributed by atoms with van der Waals surface area (Å²) in [5.41, 5.74) is 1.35. The molecule has 1 amide bonds. The summed E-state index contributed by atoms with van der Waals surface area (Å²) in [7, 11) is 0. The Labute approximate surface area is 153 Å². The third kappa shape index (κ3) is 3.61. The second-order valence-electron chi connectivity index (χ2n) is 6.90. The number of hydrogen-bond donors (Lipinski definition) is 2. The summed E-state index contributed by atoms with van der Waals surface area (Å²) in [4.78, 5) is 12.4. The third-order valence-corrected chi connectivity index (χ3v) is 6.45. The predicted molar refractivity (Wildman–Crippen MR) is 103 cm³/mol. The fourth-order valence-corrected chi connectivity index (χ4v) is 5.19. The van der Waals surface area contributed by atoms with Crippen molar-refractivity contribution in [3.8, 4) is 0 Å². The molecule has 2 N–H and O–H groups in total. The van der Waals surface area contributed by atoms with Crippen molar-refractivity contribution in [2.75, 3.05) is 6.54 Å². The van der Waals surface area contributed by atoms with Gasteiger partial charge in [0.05, 0.1) is 6.04 Å². The van der Waals surface area contributed by atoms with Gasteiger partial charge >= 0.3 is 0 Å². The van der Waals surface area contributed by atoms with E-state index in [2.05, 4.69) is 40.3 Å². The molecular weight excluding hydrogens is 340 g/mol. The topological polar surface area (TPSA) is 41.1 Å². The molecule has 1 saturated heterocycles. The first-order valence-electron chi connectivity index (χ1n) is 8.80. The first-order valence-corrected chi connectivity index (χ1v) is 9.68. The number of carbonyl (C=O) groups is 1. The third-order valence-electron chi connectivity index (χ3n) is 5.43. The molecule has 0 bridgehead atoms. The highest BCUT2D eigenvalue weighted by Crippen LogP contribution is 2.33. The molecular formula is C19H25ClN2OS. The van der Waals surface area contributed by atoms with Crippen LogP contribution in [0.4, 0.5) is 0 Å². The maximum absolute atomic E-state index is 12.4. The second kappa shape index (κ2) is 7.85. The van der Waals surface area contributed by atoms with Crippen LogP contribution in [-0.2, 0) is 11.2 Å². The summed E-state index contributed by atoms with van der Waals surface area (Å²) in [6.45, 7) is 0.729. The monoisotopic (exact) mass is 364 g/mol. The number of thiophene rings is 1. The molecule has 130 valence electrons. The highest BCUT2D eigenvalue weighted by Gasteiger charge is 2.37. The fourth-order valence-electron chi connectivity index (χ4n) is 4.19. The van der Waals surface area contributed by atoms with E-state index < -0.39 is 0 Å². The van der Waals surface area contributed by atoms with Gasteiger partial charge in [-0.15, -0.1) is 23.7 Å². The molecule has 1 aliphatic heterocycles. The van der Waals surface area contributed by atoms with Gasteiger partial charge in [0.15, 0.2) is 0 Å². The molecule has 3 atom stereocenters. The van der Waals surface area contributed by atoms with Crippen LogP contribution < -0.4 is 10.6 Å². The lowest BCUT2D eigenvalue weighted by atomic mass is 9.85. The molecule has 2 fully saturated rings. The van der Waals surface area contributed by atoms with Crippen LogP contribution in [0, 0.1) is 5.92 Å². The normalized spacial score (nSPS) is 25.9. The van der Waals surface area contributed by atoms with Crippen molar-refractivity contribution in [1.29, 1.82) is 0 Å². The molecule has 3 unspecified atom stereocenters. The number of rotatable bonds is 4. The van der Waals surface area contributed by atoms with Gasteiger partial charge in [-0.3, -0.25) is 4.79 Å². The lowest BCUT2D eigenvalue weighted by molar-refractivity contribution is -0.122. The Bertz CT molecular complexity index is 687. The Morgan fingerprint density at radius 3 is 2.96 bits per heavy atom. The first-order chi connectivity index (χ1) is 11.3. The molecule has 1 aromatic carbocycles. The van der Waals surface area contributed by atoms with Gasteiger partial charge in [0.25, 0.3) is 0 Å². The van der Waals surface area contributed by atoms with Crippen molar-refractivity contribution in [1.82, 2.24) is 10.6 Å². The van der Waals surface area contributed by atoms with Gasteiger partial charge in [-0.05, 0) is 54.0 Å². The van der Waals surface area contributed by atoms with Crippen LogP contribution in [0.3, 0.4) is 0 Å². The summed E-state index contributed by atoms with van der Waals surface area (Å²) in [5, 5.41) is 10.2. The fraction of sp³-hybridized carbons (Fsp3) is 0.526. The zero-order valence-corrected chi connectivity index (χ0v) is 15.4. The van der Waals surface area contributed by atoms with Gasteiger partial charge in [-0.1, -0.05) is 31.0 Å². The molecule has 2 heterocycles. The van der Waals surface area contributed by atoms with E-state index in [4.69, 9.17) is 0 Å². The number of hydrogen-bond acceptors (Lipinski definition) is 3. The van der Waals surface area contributed by atoms with E-state index in [9.17, 15) is 4.79 Å². The number of halogens is 1. The summed E-state index contributed by atoms with van der Waals surface area (Å²) >= 11 is 1.79. The molecule has 0 radical (unpaired) electrons. The van der Waals surface area contributed by atoms with E-state index >= 15 is 0 Å². The first kappa shape index (κ1) is 17.7. The Kier molecular flexibility index (Phi) is 5.80. The van der Waals surface area contributed by atoms with Crippen LogP contribution in [-0.4, -0.2) is 24.5 Å². The number of carbonyl (C=O) groups excluding carboxylic acids is 1. The molecule has 2 aromatic rings. The van der Waals surface area contributed by atoms with Gasteiger partial charge in [0, 0.05) is 17.3 Å².